The van der Waals surface area contributed by atoms with Crippen molar-refractivity contribution in [1.29, 1.82) is 0 Å². The Bertz CT molecular complexity index is 627. The summed E-state index contributed by atoms with van der Waals surface area (Å²) < 4.78 is 0. The molecule has 0 saturated heterocycles. The van der Waals surface area contributed by atoms with Gasteiger partial charge in [-0.1, -0.05) is 32.9 Å². The van der Waals surface area contributed by atoms with Crippen LogP contribution in [0.2, 0.25) is 0 Å². The summed E-state index contributed by atoms with van der Waals surface area (Å²) in [4.78, 5) is 0. The van der Waals surface area contributed by atoms with Crippen molar-refractivity contribution < 1.29 is 10.2 Å². The lowest BCUT2D eigenvalue weighted by molar-refractivity contribution is 0.468. The third-order valence-corrected chi connectivity index (χ3v) is 4.63. The Morgan fingerprint density at radius 1 is 0.773 bits per heavy atom. The zero-order valence-corrected chi connectivity index (χ0v) is 14.2. The molecule has 2 N–H and O–H groups in total. The molecule has 118 valence electrons. The van der Waals surface area contributed by atoms with Crippen LogP contribution in [0.25, 0.3) is 0 Å². The fourth-order valence-electron chi connectivity index (χ4n) is 3.18. The summed E-state index contributed by atoms with van der Waals surface area (Å²) in [6.45, 7) is 10.4. The number of hydrogen-bond donors (Lipinski definition) is 2. The number of aromatic hydroxyl groups is 2. The minimum Gasteiger partial charge on any atom is -0.508 e. The van der Waals surface area contributed by atoms with Crippen LogP contribution in [0.15, 0.2) is 24.3 Å². The summed E-state index contributed by atoms with van der Waals surface area (Å²) in [7, 11) is 0. The highest BCUT2D eigenvalue weighted by Gasteiger charge is 2.17. The second-order valence-corrected chi connectivity index (χ2v) is 6.10. The minimum atomic E-state index is 0.233. The first-order valence-electron chi connectivity index (χ1n) is 8.03. The summed E-state index contributed by atoms with van der Waals surface area (Å²) in [5.74, 6) is 0.997. The lowest BCUT2D eigenvalue weighted by Crippen LogP contribution is -2.03. The van der Waals surface area contributed by atoms with Gasteiger partial charge >= 0.3 is 0 Å². The van der Waals surface area contributed by atoms with Gasteiger partial charge in [0.2, 0.25) is 0 Å². The van der Waals surface area contributed by atoms with Crippen molar-refractivity contribution in [2.45, 2.75) is 53.4 Å². The van der Waals surface area contributed by atoms with Gasteiger partial charge in [0, 0.05) is 5.92 Å². The average molecular weight is 298 g/mol. The minimum absolute atomic E-state index is 0.233. The van der Waals surface area contributed by atoms with E-state index in [1.54, 1.807) is 0 Å². The van der Waals surface area contributed by atoms with Crippen LogP contribution in [-0.4, -0.2) is 10.2 Å². The first-order chi connectivity index (χ1) is 10.4. The Morgan fingerprint density at radius 2 is 1.14 bits per heavy atom. The highest BCUT2D eigenvalue weighted by atomic mass is 16.3. The summed E-state index contributed by atoms with van der Waals surface area (Å²) >= 11 is 0. The van der Waals surface area contributed by atoms with Gasteiger partial charge in [0.25, 0.3) is 0 Å². The molecule has 22 heavy (non-hydrogen) atoms. The quantitative estimate of drug-likeness (QED) is 0.834. The standard InChI is InChI=1S/C20H26O2/c1-6-15-10-17(12(3)8-19(15)21)14(5)18-11-16(7-2)20(22)9-13(18)4/h8-11,14,21-22H,6-7H2,1-5H3. The van der Waals surface area contributed by atoms with E-state index >= 15 is 0 Å². The zero-order chi connectivity index (χ0) is 16.4. The highest BCUT2D eigenvalue weighted by molar-refractivity contribution is 5.50. The van der Waals surface area contributed by atoms with E-state index in [0.717, 1.165) is 35.1 Å². The van der Waals surface area contributed by atoms with E-state index in [2.05, 4.69) is 32.9 Å². The fraction of sp³-hybridized carbons (Fsp3) is 0.400. The fourth-order valence-corrected chi connectivity index (χ4v) is 3.18. The van der Waals surface area contributed by atoms with Gasteiger partial charge in [-0.05, 0) is 72.2 Å². The molecule has 0 radical (unpaired) electrons. The number of benzene rings is 2. The molecule has 0 aromatic heterocycles. The smallest absolute Gasteiger partial charge is 0.119 e. The molecule has 0 bridgehead atoms. The SMILES string of the molecule is CCc1cc(C(C)c2cc(CC)c(O)cc2C)c(C)cc1O. The molecule has 0 unspecified atom stereocenters. The van der Waals surface area contributed by atoms with Crippen molar-refractivity contribution >= 4 is 0 Å². The van der Waals surface area contributed by atoms with Crippen molar-refractivity contribution in [3.05, 3.63) is 57.6 Å². The first-order valence-corrected chi connectivity index (χ1v) is 8.03. The van der Waals surface area contributed by atoms with Crippen molar-refractivity contribution in [2.75, 3.05) is 0 Å². The van der Waals surface area contributed by atoms with E-state index in [0.29, 0.717) is 11.5 Å². The topological polar surface area (TPSA) is 40.5 Å². The third kappa shape index (κ3) is 2.96. The van der Waals surface area contributed by atoms with Crippen LogP contribution >= 0.6 is 0 Å². The van der Waals surface area contributed by atoms with E-state index in [-0.39, 0.29) is 5.92 Å². The number of hydrogen-bond acceptors (Lipinski definition) is 2. The number of phenolic OH excluding ortho intramolecular Hbond substituents is 2. The molecule has 0 atom stereocenters. The molecule has 2 rings (SSSR count). The predicted octanol–water partition coefficient (Wildman–Crippen LogP) is 4.99. The van der Waals surface area contributed by atoms with E-state index in [1.807, 2.05) is 26.0 Å². The summed E-state index contributed by atoms with van der Waals surface area (Å²) in [6.07, 6.45) is 1.64. The maximum atomic E-state index is 10.0. The molecule has 0 aliphatic rings. The van der Waals surface area contributed by atoms with Gasteiger partial charge in [0.1, 0.15) is 11.5 Å². The lowest BCUT2D eigenvalue weighted by atomic mass is 9.85. The van der Waals surface area contributed by atoms with Gasteiger partial charge in [-0.25, -0.2) is 0 Å². The second kappa shape index (κ2) is 6.43. The Hall–Kier alpha value is -1.96. The van der Waals surface area contributed by atoms with Crippen LogP contribution < -0.4 is 0 Å². The molecule has 0 fully saturated rings. The zero-order valence-electron chi connectivity index (χ0n) is 14.2. The number of rotatable bonds is 4. The number of phenols is 2. The van der Waals surface area contributed by atoms with Crippen LogP contribution in [0.3, 0.4) is 0 Å². The van der Waals surface area contributed by atoms with Crippen molar-refractivity contribution in [2.24, 2.45) is 0 Å². The van der Waals surface area contributed by atoms with Gasteiger partial charge in [-0.15, -0.1) is 0 Å². The molecule has 2 heteroatoms. The highest BCUT2D eigenvalue weighted by Crippen LogP contribution is 2.35. The first kappa shape index (κ1) is 16.4. The van der Waals surface area contributed by atoms with Crippen LogP contribution in [0.4, 0.5) is 0 Å². The lowest BCUT2D eigenvalue weighted by Gasteiger charge is -2.20. The molecule has 0 saturated carbocycles. The second-order valence-electron chi connectivity index (χ2n) is 6.10. The summed E-state index contributed by atoms with van der Waals surface area (Å²) in [5.41, 5.74) is 6.66. The molecular weight excluding hydrogens is 272 g/mol. The van der Waals surface area contributed by atoms with Crippen LogP contribution in [0.1, 0.15) is 60.1 Å². The Labute approximate surface area is 133 Å². The van der Waals surface area contributed by atoms with Gasteiger partial charge in [0.15, 0.2) is 0 Å². The van der Waals surface area contributed by atoms with Crippen molar-refractivity contribution in [3.63, 3.8) is 0 Å². The maximum absolute atomic E-state index is 10.0. The van der Waals surface area contributed by atoms with Gasteiger partial charge in [-0.2, -0.15) is 0 Å². The molecule has 0 amide bonds. The molecule has 2 aromatic rings. The molecule has 0 heterocycles. The molecule has 0 aliphatic carbocycles. The van der Waals surface area contributed by atoms with Crippen molar-refractivity contribution in [1.82, 2.24) is 0 Å². The van der Waals surface area contributed by atoms with Crippen molar-refractivity contribution in [3.8, 4) is 11.5 Å². The monoisotopic (exact) mass is 298 g/mol. The van der Waals surface area contributed by atoms with E-state index < -0.39 is 0 Å². The average Bonchev–Trinajstić information content (AvgIpc) is 2.47. The molecule has 0 spiro atoms. The van der Waals surface area contributed by atoms with Crippen LogP contribution in [0.5, 0.6) is 11.5 Å². The van der Waals surface area contributed by atoms with E-state index in [1.165, 1.54) is 11.1 Å². The van der Waals surface area contributed by atoms with E-state index in [9.17, 15) is 10.2 Å². The Balaban J connectivity index is 2.55. The summed E-state index contributed by atoms with van der Waals surface area (Å²) in [6, 6.07) is 7.96. The largest absolute Gasteiger partial charge is 0.508 e. The maximum Gasteiger partial charge on any atom is 0.119 e. The molecule has 2 nitrogen and oxygen atoms in total. The predicted molar refractivity (Wildman–Crippen MR) is 92.0 cm³/mol. The number of aryl methyl sites for hydroxylation is 4. The summed E-state index contributed by atoms with van der Waals surface area (Å²) in [5, 5.41) is 20.0. The van der Waals surface area contributed by atoms with Gasteiger partial charge in [-0.3, -0.25) is 0 Å². The van der Waals surface area contributed by atoms with Crippen LogP contribution in [-0.2, 0) is 12.8 Å². The molecular formula is C20H26O2. The molecule has 2 aromatic carbocycles. The van der Waals surface area contributed by atoms with E-state index in [4.69, 9.17) is 0 Å². The molecule has 0 aliphatic heterocycles. The van der Waals surface area contributed by atoms with Crippen LogP contribution in [0, 0.1) is 13.8 Å². The Morgan fingerprint density at radius 3 is 1.45 bits per heavy atom. The van der Waals surface area contributed by atoms with Gasteiger partial charge < -0.3 is 10.2 Å². The Kier molecular flexibility index (Phi) is 4.80. The third-order valence-electron chi connectivity index (χ3n) is 4.63. The van der Waals surface area contributed by atoms with Gasteiger partial charge in [0.05, 0.1) is 0 Å². The normalized spacial score (nSPS) is 11.2.